The molecule has 0 aliphatic heterocycles. The van der Waals surface area contributed by atoms with Crippen LogP contribution in [0.2, 0.25) is 0 Å². The summed E-state index contributed by atoms with van der Waals surface area (Å²) in [5, 5.41) is 8.94. The van der Waals surface area contributed by atoms with Gasteiger partial charge in [0, 0.05) is 6.54 Å². The molecule has 0 bridgehead atoms. The molecule has 14 heavy (non-hydrogen) atoms. The van der Waals surface area contributed by atoms with Gasteiger partial charge >= 0.3 is 0 Å². The molecule has 0 heterocycles. The van der Waals surface area contributed by atoms with Crippen LogP contribution in [0.1, 0.15) is 6.92 Å². The van der Waals surface area contributed by atoms with Crippen LogP contribution in [0.25, 0.3) is 0 Å². The third-order valence-corrected chi connectivity index (χ3v) is 3.06. The molecule has 5 heteroatoms. The highest BCUT2D eigenvalue weighted by Gasteiger charge is 2.12. The monoisotopic (exact) mass is 215 g/mol. The summed E-state index contributed by atoms with van der Waals surface area (Å²) in [6, 6.07) is 8.05. The lowest BCUT2D eigenvalue weighted by atomic mass is 10.4. The first-order chi connectivity index (χ1) is 6.52. The second kappa shape index (κ2) is 4.54. The molecule has 4 nitrogen and oxygen atoms in total. The summed E-state index contributed by atoms with van der Waals surface area (Å²) in [6.07, 6.45) is -0.687. The molecular weight excluding hydrogens is 202 g/mol. The summed E-state index contributed by atoms with van der Waals surface area (Å²) >= 11 is 0. The molecule has 1 atom stereocenters. The summed E-state index contributed by atoms with van der Waals surface area (Å²) in [7, 11) is -3.47. The summed E-state index contributed by atoms with van der Waals surface area (Å²) in [4.78, 5) is 0.209. The third-order valence-electron chi connectivity index (χ3n) is 1.62. The topological polar surface area (TPSA) is 66.4 Å². The van der Waals surface area contributed by atoms with Crippen LogP contribution in [0.4, 0.5) is 0 Å². The van der Waals surface area contributed by atoms with Crippen molar-refractivity contribution in [1.29, 1.82) is 0 Å². The van der Waals surface area contributed by atoms with Gasteiger partial charge in [0.25, 0.3) is 0 Å². The maximum Gasteiger partial charge on any atom is 0.240 e. The first-order valence-electron chi connectivity index (χ1n) is 4.25. The maximum atomic E-state index is 11.5. The van der Waals surface area contributed by atoms with Crippen LogP contribution in [-0.4, -0.2) is 26.2 Å². The Morgan fingerprint density at radius 2 is 1.93 bits per heavy atom. The number of sulfonamides is 1. The Bertz CT molecular complexity index is 372. The van der Waals surface area contributed by atoms with Crippen molar-refractivity contribution < 1.29 is 13.5 Å². The quantitative estimate of drug-likeness (QED) is 0.761. The van der Waals surface area contributed by atoms with E-state index < -0.39 is 16.1 Å². The van der Waals surface area contributed by atoms with Gasteiger partial charge in [-0.25, -0.2) is 13.1 Å². The van der Waals surface area contributed by atoms with E-state index in [0.717, 1.165) is 0 Å². The number of rotatable bonds is 4. The van der Waals surface area contributed by atoms with Gasteiger partial charge in [-0.1, -0.05) is 18.2 Å². The molecule has 0 amide bonds. The summed E-state index contributed by atoms with van der Waals surface area (Å²) < 4.78 is 25.3. The van der Waals surface area contributed by atoms with E-state index in [-0.39, 0.29) is 11.4 Å². The number of hydrogen-bond acceptors (Lipinski definition) is 3. The molecule has 0 saturated heterocycles. The van der Waals surface area contributed by atoms with Crippen LogP contribution in [0.5, 0.6) is 0 Å². The second-order valence-electron chi connectivity index (χ2n) is 3.01. The van der Waals surface area contributed by atoms with Crippen molar-refractivity contribution in [3.05, 3.63) is 30.3 Å². The lowest BCUT2D eigenvalue weighted by Crippen LogP contribution is -2.30. The minimum Gasteiger partial charge on any atom is -0.392 e. The molecule has 1 rings (SSSR count). The molecule has 0 radical (unpaired) electrons. The number of aliphatic hydroxyl groups excluding tert-OH is 1. The molecule has 1 aromatic carbocycles. The minimum absolute atomic E-state index is 0.0250. The van der Waals surface area contributed by atoms with Crippen LogP contribution in [-0.2, 0) is 10.0 Å². The molecule has 0 aromatic heterocycles. The number of aliphatic hydroxyl groups is 1. The van der Waals surface area contributed by atoms with Crippen molar-refractivity contribution in [3.63, 3.8) is 0 Å². The van der Waals surface area contributed by atoms with Crippen molar-refractivity contribution in [2.24, 2.45) is 0 Å². The average Bonchev–Trinajstić information content (AvgIpc) is 2.16. The van der Waals surface area contributed by atoms with Gasteiger partial charge in [-0.2, -0.15) is 0 Å². The fourth-order valence-corrected chi connectivity index (χ4v) is 2.06. The molecule has 0 fully saturated rings. The Labute approximate surface area is 83.6 Å². The fourth-order valence-electron chi connectivity index (χ4n) is 0.913. The van der Waals surface area contributed by atoms with Gasteiger partial charge < -0.3 is 5.11 Å². The van der Waals surface area contributed by atoms with E-state index in [0.29, 0.717) is 0 Å². The number of benzene rings is 1. The highest BCUT2D eigenvalue weighted by atomic mass is 32.2. The zero-order valence-corrected chi connectivity index (χ0v) is 8.66. The summed E-state index contributed by atoms with van der Waals surface area (Å²) in [6.45, 7) is 1.55. The van der Waals surface area contributed by atoms with Crippen LogP contribution < -0.4 is 4.72 Å². The Hall–Kier alpha value is -0.910. The lowest BCUT2D eigenvalue weighted by Gasteiger charge is -2.07. The summed E-state index contributed by atoms with van der Waals surface area (Å²) in [5.74, 6) is 0. The van der Waals surface area contributed by atoms with Gasteiger partial charge in [-0.05, 0) is 19.1 Å². The molecule has 0 spiro atoms. The molecule has 0 unspecified atom stereocenters. The first-order valence-corrected chi connectivity index (χ1v) is 5.73. The fraction of sp³-hybridized carbons (Fsp3) is 0.333. The normalized spacial score (nSPS) is 13.9. The Kier molecular flexibility index (Phi) is 3.62. The molecule has 0 aliphatic rings. The van der Waals surface area contributed by atoms with Crippen LogP contribution in [0, 0.1) is 0 Å². The van der Waals surface area contributed by atoms with Gasteiger partial charge in [-0.3, -0.25) is 0 Å². The second-order valence-corrected chi connectivity index (χ2v) is 4.78. The third kappa shape index (κ3) is 3.10. The van der Waals surface area contributed by atoms with E-state index >= 15 is 0 Å². The van der Waals surface area contributed by atoms with Crippen molar-refractivity contribution in [2.45, 2.75) is 17.9 Å². The lowest BCUT2D eigenvalue weighted by molar-refractivity contribution is 0.198. The molecule has 0 aliphatic carbocycles. The Morgan fingerprint density at radius 3 is 2.43 bits per heavy atom. The zero-order valence-electron chi connectivity index (χ0n) is 7.84. The zero-order chi connectivity index (χ0) is 10.6. The van der Waals surface area contributed by atoms with E-state index in [1.807, 2.05) is 0 Å². The van der Waals surface area contributed by atoms with Crippen molar-refractivity contribution in [1.82, 2.24) is 4.72 Å². The van der Waals surface area contributed by atoms with Crippen LogP contribution >= 0.6 is 0 Å². The smallest absolute Gasteiger partial charge is 0.240 e. The van der Waals surface area contributed by atoms with Crippen molar-refractivity contribution in [3.8, 4) is 0 Å². The molecule has 78 valence electrons. The van der Waals surface area contributed by atoms with E-state index in [9.17, 15) is 8.42 Å². The Morgan fingerprint density at radius 1 is 1.36 bits per heavy atom. The largest absolute Gasteiger partial charge is 0.392 e. The van der Waals surface area contributed by atoms with Gasteiger partial charge in [0.1, 0.15) is 0 Å². The van der Waals surface area contributed by atoms with E-state index in [2.05, 4.69) is 4.72 Å². The highest BCUT2D eigenvalue weighted by molar-refractivity contribution is 7.89. The van der Waals surface area contributed by atoms with Gasteiger partial charge in [0.05, 0.1) is 11.0 Å². The predicted molar refractivity (Wildman–Crippen MR) is 53.3 cm³/mol. The SMILES string of the molecule is C[C@@H](O)CNS(=O)(=O)c1ccccc1. The van der Waals surface area contributed by atoms with Gasteiger partial charge in [-0.15, -0.1) is 0 Å². The predicted octanol–water partition coefficient (Wildman–Crippen LogP) is 0.346. The van der Waals surface area contributed by atoms with Crippen molar-refractivity contribution in [2.75, 3.05) is 6.54 Å². The standard InChI is InChI=1S/C9H13NO3S/c1-8(11)7-10-14(12,13)9-5-3-2-4-6-9/h2-6,8,10-11H,7H2,1H3/t8-/m1/s1. The van der Waals surface area contributed by atoms with Crippen LogP contribution in [0.15, 0.2) is 35.2 Å². The summed E-state index contributed by atoms with van der Waals surface area (Å²) in [5.41, 5.74) is 0. The average molecular weight is 215 g/mol. The minimum atomic E-state index is -3.47. The Balaban J connectivity index is 2.77. The number of hydrogen-bond donors (Lipinski definition) is 2. The molecule has 0 saturated carbocycles. The van der Waals surface area contributed by atoms with Gasteiger partial charge in [0.15, 0.2) is 0 Å². The molecule has 1 aromatic rings. The van der Waals surface area contributed by atoms with Gasteiger partial charge in [0.2, 0.25) is 10.0 Å². The van der Waals surface area contributed by atoms with E-state index in [1.165, 1.54) is 19.1 Å². The number of nitrogens with one attached hydrogen (secondary N) is 1. The van der Waals surface area contributed by atoms with E-state index in [4.69, 9.17) is 5.11 Å². The highest BCUT2D eigenvalue weighted by Crippen LogP contribution is 2.06. The first kappa shape index (κ1) is 11.2. The van der Waals surface area contributed by atoms with Crippen molar-refractivity contribution >= 4 is 10.0 Å². The molecular formula is C9H13NO3S. The maximum absolute atomic E-state index is 11.5. The molecule has 2 N–H and O–H groups in total. The van der Waals surface area contributed by atoms with Crippen LogP contribution in [0.3, 0.4) is 0 Å². The van der Waals surface area contributed by atoms with E-state index in [1.54, 1.807) is 18.2 Å².